The minimum absolute atomic E-state index is 0.0708. The van der Waals surface area contributed by atoms with E-state index < -0.39 is 0 Å². The van der Waals surface area contributed by atoms with Crippen LogP contribution in [0.1, 0.15) is 38.5 Å². The van der Waals surface area contributed by atoms with Gasteiger partial charge in [-0.05, 0) is 32.2 Å². The fourth-order valence-corrected chi connectivity index (χ4v) is 3.52. The molecule has 0 aromatic rings. The molecule has 0 aromatic heterocycles. The number of ether oxygens (including phenoxy) is 1. The van der Waals surface area contributed by atoms with Gasteiger partial charge in [0.15, 0.2) is 0 Å². The number of methoxy groups -OCH3 is 1. The van der Waals surface area contributed by atoms with Crippen molar-refractivity contribution in [2.24, 2.45) is 5.41 Å². The molecule has 1 unspecified atom stereocenters. The molecule has 2 fully saturated rings. The van der Waals surface area contributed by atoms with Gasteiger partial charge in [0.2, 0.25) is 5.91 Å². The highest BCUT2D eigenvalue weighted by molar-refractivity contribution is 5.78. The number of nitrogens with one attached hydrogen (secondary N) is 1. The molecule has 2 rings (SSSR count). The first kappa shape index (κ1) is 15.7. The summed E-state index contributed by atoms with van der Waals surface area (Å²) in [6.45, 7) is 3.39. The highest BCUT2D eigenvalue weighted by Crippen LogP contribution is 2.37. The summed E-state index contributed by atoms with van der Waals surface area (Å²) >= 11 is 0. The number of likely N-dealkylation sites (tertiary alicyclic amines) is 1. The van der Waals surface area contributed by atoms with E-state index in [-0.39, 0.29) is 17.4 Å². The Bertz CT molecular complexity index is 316. The molecule has 1 saturated carbocycles. The number of aliphatic hydroxyl groups is 1. The van der Waals surface area contributed by atoms with Crippen molar-refractivity contribution in [1.29, 1.82) is 0 Å². The highest BCUT2D eigenvalue weighted by atomic mass is 16.5. The molecule has 5 nitrogen and oxygen atoms in total. The van der Waals surface area contributed by atoms with Crippen LogP contribution in [0.15, 0.2) is 0 Å². The fraction of sp³-hybridized carbons (Fsp3) is 0.933. The maximum Gasteiger partial charge on any atom is 0.234 e. The predicted molar refractivity (Wildman–Crippen MR) is 77.5 cm³/mol. The number of hydrogen-bond donors (Lipinski definition) is 2. The molecule has 0 aromatic carbocycles. The summed E-state index contributed by atoms with van der Waals surface area (Å²) in [6, 6.07) is 0. The molecule has 2 aliphatic rings. The van der Waals surface area contributed by atoms with Crippen LogP contribution in [-0.4, -0.2) is 61.9 Å². The summed E-state index contributed by atoms with van der Waals surface area (Å²) in [5.41, 5.74) is 0.145. The molecule has 1 saturated heterocycles. The van der Waals surface area contributed by atoms with E-state index in [0.29, 0.717) is 13.1 Å². The van der Waals surface area contributed by atoms with E-state index in [0.717, 1.165) is 45.4 Å². The van der Waals surface area contributed by atoms with Crippen molar-refractivity contribution in [2.45, 2.75) is 44.6 Å². The number of hydrogen-bond acceptors (Lipinski definition) is 4. The van der Waals surface area contributed by atoms with Gasteiger partial charge in [0.05, 0.1) is 19.3 Å². The van der Waals surface area contributed by atoms with Crippen LogP contribution in [0.25, 0.3) is 0 Å². The highest BCUT2D eigenvalue weighted by Gasteiger charge is 2.34. The maximum absolute atomic E-state index is 12.0. The minimum atomic E-state index is -0.272. The van der Waals surface area contributed by atoms with Gasteiger partial charge in [-0.2, -0.15) is 0 Å². The van der Waals surface area contributed by atoms with Crippen LogP contribution in [0.4, 0.5) is 0 Å². The normalized spacial score (nSPS) is 26.6. The summed E-state index contributed by atoms with van der Waals surface area (Å²) in [4.78, 5) is 14.1. The standard InChI is InChI=1S/C15H28N2O3/c1-20-12-15(6-2-3-7-15)11-16-14(19)10-17-8-4-5-13(18)9-17/h13,18H,2-12H2,1H3,(H,16,19). The van der Waals surface area contributed by atoms with Crippen LogP contribution in [0.2, 0.25) is 0 Å². The van der Waals surface area contributed by atoms with E-state index in [2.05, 4.69) is 5.32 Å². The minimum Gasteiger partial charge on any atom is -0.392 e. The number of aliphatic hydroxyl groups excluding tert-OH is 1. The quantitative estimate of drug-likeness (QED) is 0.756. The number of β-amino-alcohol motifs (C(OH)–C–C–N with tert-alkyl or cyclic N) is 1. The Kier molecular flexibility index (Phi) is 5.81. The number of carbonyl (C=O) groups excluding carboxylic acids is 1. The topological polar surface area (TPSA) is 61.8 Å². The number of piperidine rings is 1. The fourth-order valence-electron chi connectivity index (χ4n) is 3.52. The van der Waals surface area contributed by atoms with Gasteiger partial charge in [-0.1, -0.05) is 12.8 Å². The summed E-state index contributed by atoms with van der Waals surface area (Å²) in [5.74, 6) is 0.0708. The molecule has 1 aliphatic heterocycles. The molecule has 116 valence electrons. The van der Waals surface area contributed by atoms with Crippen molar-refractivity contribution < 1.29 is 14.6 Å². The molecule has 0 bridgehead atoms. The smallest absolute Gasteiger partial charge is 0.234 e. The molecule has 5 heteroatoms. The molecule has 1 atom stereocenters. The Morgan fingerprint density at radius 2 is 2.15 bits per heavy atom. The Labute approximate surface area is 121 Å². The molecular formula is C15H28N2O3. The SMILES string of the molecule is COCC1(CNC(=O)CN2CCCC(O)C2)CCCC1. The van der Waals surface area contributed by atoms with Crippen LogP contribution in [0.5, 0.6) is 0 Å². The number of amides is 1. The lowest BCUT2D eigenvalue weighted by Crippen LogP contribution is -2.46. The van der Waals surface area contributed by atoms with Crippen LogP contribution in [0, 0.1) is 5.41 Å². The molecule has 0 radical (unpaired) electrons. The van der Waals surface area contributed by atoms with E-state index in [4.69, 9.17) is 4.74 Å². The van der Waals surface area contributed by atoms with E-state index >= 15 is 0 Å². The van der Waals surface area contributed by atoms with Crippen molar-refractivity contribution >= 4 is 5.91 Å². The van der Waals surface area contributed by atoms with E-state index in [1.807, 2.05) is 4.90 Å². The lowest BCUT2D eigenvalue weighted by atomic mass is 9.87. The van der Waals surface area contributed by atoms with Gasteiger partial charge in [-0.15, -0.1) is 0 Å². The third kappa shape index (κ3) is 4.43. The third-order valence-corrected chi connectivity index (χ3v) is 4.62. The average Bonchev–Trinajstić information content (AvgIpc) is 2.86. The summed E-state index contributed by atoms with van der Waals surface area (Å²) in [7, 11) is 1.73. The average molecular weight is 284 g/mol. The van der Waals surface area contributed by atoms with Crippen molar-refractivity contribution in [3.63, 3.8) is 0 Å². The Balaban J connectivity index is 1.73. The van der Waals surface area contributed by atoms with Gasteiger partial charge in [-0.25, -0.2) is 0 Å². The first-order valence-corrected chi connectivity index (χ1v) is 7.80. The van der Waals surface area contributed by atoms with E-state index in [9.17, 15) is 9.90 Å². The van der Waals surface area contributed by atoms with E-state index in [1.54, 1.807) is 7.11 Å². The maximum atomic E-state index is 12.0. The molecule has 0 spiro atoms. The van der Waals surface area contributed by atoms with Crippen LogP contribution >= 0.6 is 0 Å². The Morgan fingerprint density at radius 3 is 2.80 bits per heavy atom. The third-order valence-electron chi connectivity index (χ3n) is 4.62. The largest absolute Gasteiger partial charge is 0.392 e. The van der Waals surface area contributed by atoms with Gasteiger partial charge in [0.25, 0.3) is 0 Å². The monoisotopic (exact) mass is 284 g/mol. The molecule has 20 heavy (non-hydrogen) atoms. The van der Waals surface area contributed by atoms with Gasteiger partial charge < -0.3 is 15.2 Å². The molecular weight excluding hydrogens is 256 g/mol. The zero-order valence-electron chi connectivity index (χ0n) is 12.6. The van der Waals surface area contributed by atoms with Crippen LogP contribution in [-0.2, 0) is 9.53 Å². The van der Waals surface area contributed by atoms with Crippen molar-refractivity contribution in [3.05, 3.63) is 0 Å². The zero-order chi connectivity index (χ0) is 14.4. The van der Waals surface area contributed by atoms with Crippen molar-refractivity contribution in [1.82, 2.24) is 10.2 Å². The van der Waals surface area contributed by atoms with Gasteiger partial charge in [0.1, 0.15) is 0 Å². The van der Waals surface area contributed by atoms with Crippen LogP contribution in [0.3, 0.4) is 0 Å². The number of rotatable bonds is 6. The van der Waals surface area contributed by atoms with E-state index in [1.165, 1.54) is 12.8 Å². The summed E-state index contributed by atoms with van der Waals surface area (Å²) < 4.78 is 5.33. The second-order valence-electron chi connectivity index (χ2n) is 6.45. The van der Waals surface area contributed by atoms with Crippen molar-refractivity contribution in [2.75, 3.05) is 39.9 Å². The lowest BCUT2D eigenvalue weighted by molar-refractivity contribution is -0.123. The van der Waals surface area contributed by atoms with Gasteiger partial charge in [-0.3, -0.25) is 9.69 Å². The Hall–Kier alpha value is -0.650. The van der Waals surface area contributed by atoms with Gasteiger partial charge >= 0.3 is 0 Å². The number of nitrogens with zero attached hydrogens (tertiary/aromatic N) is 1. The first-order valence-electron chi connectivity index (χ1n) is 7.80. The molecule has 2 N–H and O–H groups in total. The van der Waals surface area contributed by atoms with Gasteiger partial charge in [0, 0.05) is 25.6 Å². The first-order chi connectivity index (χ1) is 9.63. The predicted octanol–water partition coefficient (Wildman–Crippen LogP) is 0.766. The Morgan fingerprint density at radius 1 is 1.40 bits per heavy atom. The second kappa shape index (κ2) is 7.38. The number of carbonyl (C=O) groups is 1. The summed E-state index contributed by atoms with van der Waals surface area (Å²) in [6.07, 6.45) is 6.31. The molecule has 1 amide bonds. The lowest BCUT2D eigenvalue weighted by Gasteiger charge is -2.31. The second-order valence-corrected chi connectivity index (χ2v) is 6.45. The molecule has 1 heterocycles. The van der Waals surface area contributed by atoms with Crippen LogP contribution < -0.4 is 5.32 Å². The molecule has 1 aliphatic carbocycles. The summed E-state index contributed by atoms with van der Waals surface area (Å²) in [5, 5.41) is 12.7. The zero-order valence-corrected chi connectivity index (χ0v) is 12.6. The van der Waals surface area contributed by atoms with Crippen molar-refractivity contribution in [3.8, 4) is 0 Å².